The average molecular weight is 717 g/mol. The van der Waals surface area contributed by atoms with Crippen molar-refractivity contribution in [2.75, 3.05) is 0 Å². The van der Waals surface area contributed by atoms with Crippen LogP contribution >= 0.6 is 11.3 Å². The maximum atomic E-state index is 5.56. The molecule has 0 bridgehead atoms. The van der Waals surface area contributed by atoms with E-state index in [2.05, 4.69) is 179 Å². The summed E-state index contributed by atoms with van der Waals surface area (Å²) >= 11 is 1.84. The van der Waals surface area contributed by atoms with Crippen molar-refractivity contribution < 1.29 is 0 Å². The van der Waals surface area contributed by atoms with E-state index in [9.17, 15) is 0 Å². The number of rotatable bonds is 2. The minimum Gasteiger partial charge on any atom is -0.308 e. The van der Waals surface area contributed by atoms with Crippen LogP contribution in [0.1, 0.15) is 0 Å². The first kappa shape index (κ1) is 29.4. The summed E-state index contributed by atoms with van der Waals surface area (Å²) in [5, 5.41) is 8.33. The highest BCUT2D eigenvalue weighted by Gasteiger charge is 2.26. The van der Waals surface area contributed by atoms with Crippen molar-refractivity contribution in [1.82, 2.24) is 19.1 Å². The van der Waals surface area contributed by atoms with E-state index in [4.69, 9.17) is 9.97 Å². The quantitative estimate of drug-likeness (QED) is 0.179. The number of hydrogen-bond acceptors (Lipinski definition) is 3. The Morgan fingerprint density at radius 3 is 1.87 bits per heavy atom. The lowest BCUT2D eigenvalue weighted by Gasteiger charge is -2.13. The molecule has 0 amide bonds. The van der Waals surface area contributed by atoms with Crippen molar-refractivity contribution in [2.24, 2.45) is 0 Å². The normalized spacial score (nSPS) is 12.4. The molecule has 4 aromatic heterocycles. The molecule has 0 unspecified atom stereocenters. The Labute approximate surface area is 318 Å². The Kier molecular flexibility index (Phi) is 5.74. The summed E-state index contributed by atoms with van der Waals surface area (Å²) in [6.45, 7) is 0. The zero-order valence-electron chi connectivity index (χ0n) is 29.4. The number of nitrogens with zero attached hydrogens (tertiary/aromatic N) is 4. The SMILES string of the molecule is c1ccc2c(c1)-c1ccccc1-n1c3cc4c5ccccc5n(-c5nc(-c6cccc7sc8ccccc8c67)c6ccccc6n5)c4cc3c3cccc-2c31. The summed E-state index contributed by atoms with van der Waals surface area (Å²) < 4.78 is 7.32. The van der Waals surface area contributed by atoms with Crippen LogP contribution in [-0.2, 0) is 0 Å². The molecular formula is C50H28N4S. The predicted molar refractivity (Wildman–Crippen MR) is 231 cm³/mol. The van der Waals surface area contributed by atoms with Crippen molar-refractivity contribution in [3.05, 3.63) is 170 Å². The molecule has 5 heteroatoms. The first-order valence-electron chi connectivity index (χ1n) is 18.7. The Hall–Kier alpha value is -7.08. The van der Waals surface area contributed by atoms with Gasteiger partial charge in [0.05, 0.1) is 39.0 Å². The van der Waals surface area contributed by atoms with E-state index in [1.54, 1.807) is 0 Å². The molecule has 0 N–H and O–H groups in total. The van der Waals surface area contributed by atoms with Gasteiger partial charge in [0.15, 0.2) is 0 Å². The lowest BCUT2D eigenvalue weighted by molar-refractivity contribution is 1.01. The Balaban J connectivity index is 1.16. The smallest absolute Gasteiger partial charge is 0.235 e. The molecule has 8 aromatic carbocycles. The van der Waals surface area contributed by atoms with Crippen LogP contribution in [0.5, 0.6) is 0 Å². The maximum absolute atomic E-state index is 5.56. The summed E-state index contributed by atoms with van der Waals surface area (Å²) in [6, 6.07) is 61.7. The summed E-state index contributed by atoms with van der Waals surface area (Å²) in [7, 11) is 0. The van der Waals surface area contributed by atoms with Crippen molar-refractivity contribution in [3.63, 3.8) is 0 Å². The second kappa shape index (κ2) is 10.8. The van der Waals surface area contributed by atoms with Gasteiger partial charge in [-0.25, -0.2) is 9.97 Å². The molecule has 4 nitrogen and oxygen atoms in total. The van der Waals surface area contributed by atoms with Crippen molar-refractivity contribution >= 4 is 86.0 Å². The van der Waals surface area contributed by atoms with E-state index < -0.39 is 0 Å². The molecule has 1 aliphatic rings. The molecule has 0 fully saturated rings. The van der Waals surface area contributed by atoms with E-state index in [1.165, 1.54) is 80.7 Å². The van der Waals surface area contributed by atoms with Crippen molar-refractivity contribution in [1.29, 1.82) is 0 Å². The fraction of sp³-hybridized carbons (Fsp3) is 0. The van der Waals surface area contributed by atoms with Gasteiger partial charge in [-0.05, 0) is 53.6 Å². The molecule has 0 atom stereocenters. The molecule has 55 heavy (non-hydrogen) atoms. The minimum absolute atomic E-state index is 0.667. The third-order valence-electron chi connectivity index (χ3n) is 11.7. The monoisotopic (exact) mass is 716 g/mol. The van der Waals surface area contributed by atoms with Gasteiger partial charge in [-0.2, -0.15) is 0 Å². The molecule has 1 aliphatic heterocycles. The van der Waals surface area contributed by atoms with E-state index in [1.807, 2.05) is 11.3 Å². The highest BCUT2D eigenvalue weighted by atomic mass is 32.1. The van der Waals surface area contributed by atoms with Crippen LogP contribution in [0.2, 0.25) is 0 Å². The second-order valence-corrected chi connectivity index (χ2v) is 15.6. The highest BCUT2D eigenvalue weighted by molar-refractivity contribution is 7.25. The third kappa shape index (κ3) is 3.89. The Morgan fingerprint density at radius 1 is 0.382 bits per heavy atom. The second-order valence-electron chi connectivity index (χ2n) is 14.5. The van der Waals surface area contributed by atoms with Crippen LogP contribution in [0.4, 0.5) is 0 Å². The molecular weight excluding hydrogens is 689 g/mol. The summed E-state index contributed by atoms with van der Waals surface area (Å²) in [6.07, 6.45) is 0. The summed E-state index contributed by atoms with van der Waals surface area (Å²) in [4.78, 5) is 10.9. The number of aromatic nitrogens is 4. The van der Waals surface area contributed by atoms with Crippen LogP contribution in [0.25, 0.3) is 120 Å². The molecule has 0 spiro atoms. The number of hydrogen-bond donors (Lipinski definition) is 0. The fourth-order valence-electron chi connectivity index (χ4n) is 9.40. The first-order valence-corrected chi connectivity index (χ1v) is 19.5. The predicted octanol–water partition coefficient (Wildman–Crippen LogP) is 13.5. The fourth-order valence-corrected chi connectivity index (χ4v) is 10.5. The van der Waals surface area contributed by atoms with E-state index in [-0.39, 0.29) is 0 Å². The van der Waals surface area contributed by atoms with Crippen LogP contribution < -0.4 is 0 Å². The van der Waals surface area contributed by atoms with Gasteiger partial charge in [-0.15, -0.1) is 11.3 Å². The minimum atomic E-state index is 0.667. The van der Waals surface area contributed by atoms with Crippen LogP contribution in [0, 0.1) is 0 Å². The molecule has 0 saturated heterocycles. The largest absolute Gasteiger partial charge is 0.308 e. The lowest BCUT2D eigenvalue weighted by atomic mass is 9.94. The third-order valence-corrected chi connectivity index (χ3v) is 12.8. The molecule has 13 rings (SSSR count). The summed E-state index contributed by atoms with van der Waals surface area (Å²) in [5.74, 6) is 0.667. The molecule has 0 aliphatic carbocycles. The Bertz CT molecular complexity index is 3620. The van der Waals surface area contributed by atoms with E-state index >= 15 is 0 Å². The van der Waals surface area contributed by atoms with Crippen LogP contribution in [0.15, 0.2) is 170 Å². The van der Waals surface area contributed by atoms with E-state index in [0.29, 0.717) is 5.95 Å². The van der Waals surface area contributed by atoms with Crippen LogP contribution in [-0.4, -0.2) is 19.1 Å². The van der Waals surface area contributed by atoms with Gasteiger partial charge in [0.1, 0.15) is 0 Å². The van der Waals surface area contributed by atoms with Gasteiger partial charge in [-0.3, -0.25) is 4.57 Å². The Morgan fingerprint density at radius 2 is 0.982 bits per heavy atom. The molecule has 12 aromatic rings. The van der Waals surface area contributed by atoms with E-state index in [0.717, 1.165) is 33.2 Å². The first-order chi connectivity index (χ1) is 27.3. The highest BCUT2D eigenvalue weighted by Crippen LogP contribution is 2.48. The van der Waals surface area contributed by atoms with Gasteiger partial charge in [0, 0.05) is 63.8 Å². The molecule has 0 saturated carbocycles. The zero-order valence-corrected chi connectivity index (χ0v) is 30.2. The molecule has 0 radical (unpaired) electrons. The molecule has 254 valence electrons. The van der Waals surface area contributed by atoms with Gasteiger partial charge in [-0.1, -0.05) is 127 Å². The van der Waals surface area contributed by atoms with Crippen LogP contribution in [0.3, 0.4) is 0 Å². The van der Waals surface area contributed by atoms with Gasteiger partial charge in [0.25, 0.3) is 0 Å². The van der Waals surface area contributed by atoms with Crippen molar-refractivity contribution in [2.45, 2.75) is 0 Å². The van der Waals surface area contributed by atoms with Gasteiger partial charge in [0.2, 0.25) is 5.95 Å². The molecule has 5 heterocycles. The average Bonchev–Trinajstić information content (AvgIpc) is 3.87. The zero-order chi connectivity index (χ0) is 35.8. The number of para-hydroxylation sites is 4. The van der Waals surface area contributed by atoms with Gasteiger partial charge >= 0.3 is 0 Å². The summed E-state index contributed by atoms with van der Waals surface area (Å²) in [5.41, 5.74) is 13.8. The standard InChI is InChI=1S/C50H28N4S/c1-2-14-30-29(13-1)31-15-4-8-23-41(31)53-43-27-38-32-16-5-9-24-42(32)54(44(38)28-39(43)34-20-11-19-33(30)49(34)53)50-51-40-22-7-3-17-35(40)48(52-50)37-21-12-26-46-47(37)36-18-6-10-25-45(36)55-46/h1-28H. The maximum Gasteiger partial charge on any atom is 0.235 e. The van der Waals surface area contributed by atoms with Gasteiger partial charge < -0.3 is 4.57 Å². The number of benzene rings is 8. The number of fused-ring (bicyclic) bond motifs is 15. The number of thiophene rings is 1. The lowest BCUT2D eigenvalue weighted by Crippen LogP contribution is -2.03. The topological polar surface area (TPSA) is 35.6 Å². The van der Waals surface area contributed by atoms with Crippen molar-refractivity contribution in [3.8, 4) is 45.1 Å².